The average molecular weight is 495 g/mol. The number of aryl methyl sites for hydroxylation is 1. The maximum atomic E-state index is 13.6. The lowest BCUT2D eigenvalue weighted by Gasteiger charge is -2.27. The number of hydrogen-bond acceptors (Lipinski definition) is 4. The van der Waals surface area contributed by atoms with Crippen LogP contribution < -0.4 is 5.32 Å². The molecule has 0 saturated carbocycles. The number of ether oxygens (including phenoxy) is 1. The minimum Gasteiger partial charge on any atom is -0.379 e. The molecule has 1 N–H and O–H groups in total. The summed E-state index contributed by atoms with van der Waals surface area (Å²) in [5, 5.41) is 2.67. The van der Waals surface area contributed by atoms with Crippen molar-refractivity contribution >= 4 is 17.2 Å². The van der Waals surface area contributed by atoms with Crippen LogP contribution in [-0.4, -0.2) is 46.5 Å². The highest BCUT2D eigenvalue weighted by atomic mass is 19.4. The molecule has 0 atom stereocenters. The zero-order valence-electron chi connectivity index (χ0n) is 19.7. The summed E-state index contributed by atoms with van der Waals surface area (Å²) in [6, 6.07) is 14.6. The van der Waals surface area contributed by atoms with Gasteiger partial charge in [-0.05, 0) is 60.5 Å². The monoisotopic (exact) mass is 494 g/mol. The number of pyridine rings is 1. The molecule has 3 heterocycles. The number of nitrogens with one attached hydrogen (secondary N) is 1. The number of anilines is 1. The lowest BCUT2D eigenvalue weighted by atomic mass is 10.0. The number of carbonyl (C=O) groups excluding carboxylic acids is 1. The van der Waals surface area contributed by atoms with E-state index in [4.69, 9.17) is 4.74 Å². The van der Waals surface area contributed by atoms with Crippen molar-refractivity contribution < 1.29 is 22.7 Å². The maximum absolute atomic E-state index is 13.6. The smallest absolute Gasteiger partial charge is 0.379 e. The molecule has 0 spiro atoms. The van der Waals surface area contributed by atoms with Crippen LogP contribution >= 0.6 is 0 Å². The summed E-state index contributed by atoms with van der Waals surface area (Å²) in [6.07, 6.45) is -0.896. The number of carbonyl (C=O) groups is 1. The fourth-order valence-corrected chi connectivity index (χ4v) is 4.41. The number of nitrogens with zero attached hydrogens (tertiary/aromatic N) is 3. The van der Waals surface area contributed by atoms with Crippen LogP contribution in [0, 0.1) is 6.92 Å². The lowest BCUT2D eigenvalue weighted by Crippen LogP contribution is -2.35. The molecular formula is C27H25F3N4O2. The molecular weight excluding hydrogens is 469 g/mol. The second kappa shape index (κ2) is 9.75. The Morgan fingerprint density at radius 3 is 2.67 bits per heavy atom. The van der Waals surface area contributed by atoms with Crippen molar-refractivity contribution in [1.82, 2.24) is 14.3 Å². The molecule has 0 bridgehead atoms. The fourth-order valence-electron chi connectivity index (χ4n) is 4.41. The topological polar surface area (TPSA) is 58.9 Å². The van der Waals surface area contributed by atoms with Crippen molar-refractivity contribution in [1.29, 1.82) is 0 Å². The van der Waals surface area contributed by atoms with Crippen LogP contribution in [0.3, 0.4) is 0 Å². The molecule has 186 valence electrons. The zero-order chi connectivity index (χ0) is 25.3. The minimum atomic E-state index is -4.53. The molecule has 0 unspecified atom stereocenters. The van der Waals surface area contributed by atoms with E-state index >= 15 is 0 Å². The van der Waals surface area contributed by atoms with Gasteiger partial charge >= 0.3 is 6.18 Å². The summed E-state index contributed by atoms with van der Waals surface area (Å²) < 4.78 is 48.1. The first kappa shape index (κ1) is 24.0. The zero-order valence-corrected chi connectivity index (χ0v) is 19.7. The number of hydrogen-bond donors (Lipinski definition) is 1. The van der Waals surface area contributed by atoms with Gasteiger partial charge in [-0.1, -0.05) is 12.1 Å². The number of rotatable bonds is 5. The number of imidazole rings is 1. The molecule has 1 amide bonds. The average Bonchev–Trinajstić information content (AvgIpc) is 3.28. The fraction of sp³-hybridized carbons (Fsp3) is 0.259. The Labute approximate surface area is 206 Å². The van der Waals surface area contributed by atoms with Gasteiger partial charge in [-0.25, -0.2) is 4.98 Å². The molecule has 1 fully saturated rings. The number of aromatic nitrogens is 2. The van der Waals surface area contributed by atoms with Gasteiger partial charge in [0.05, 0.1) is 30.7 Å². The number of halogens is 3. The number of fused-ring (bicyclic) bond motifs is 1. The predicted molar refractivity (Wildman–Crippen MR) is 131 cm³/mol. The van der Waals surface area contributed by atoms with Crippen molar-refractivity contribution in [2.45, 2.75) is 19.6 Å². The largest absolute Gasteiger partial charge is 0.416 e. The van der Waals surface area contributed by atoms with Crippen molar-refractivity contribution in [3.05, 3.63) is 89.2 Å². The summed E-state index contributed by atoms with van der Waals surface area (Å²) in [4.78, 5) is 19.6. The lowest BCUT2D eigenvalue weighted by molar-refractivity contribution is -0.137. The van der Waals surface area contributed by atoms with E-state index in [1.54, 1.807) is 24.4 Å². The van der Waals surface area contributed by atoms with Crippen molar-refractivity contribution in [3.63, 3.8) is 0 Å². The van der Waals surface area contributed by atoms with Gasteiger partial charge in [-0.2, -0.15) is 13.2 Å². The molecule has 36 heavy (non-hydrogen) atoms. The molecule has 0 aliphatic carbocycles. The first-order chi connectivity index (χ1) is 17.3. The van der Waals surface area contributed by atoms with Gasteiger partial charge < -0.3 is 10.1 Å². The normalized spacial score (nSPS) is 14.8. The SMILES string of the molecule is Cc1ccc(C(=O)Nc2cc(CN3CCOCC3)cc(C(F)(F)F)c2)cc1-c1cnc2ccccn12. The van der Waals surface area contributed by atoms with Crippen LogP contribution in [-0.2, 0) is 17.5 Å². The van der Waals surface area contributed by atoms with E-state index in [1.807, 2.05) is 46.7 Å². The van der Waals surface area contributed by atoms with Crippen LogP contribution in [0.25, 0.3) is 16.9 Å². The molecule has 1 aliphatic heterocycles. The number of alkyl halides is 3. The minimum absolute atomic E-state index is 0.106. The summed E-state index contributed by atoms with van der Waals surface area (Å²) in [7, 11) is 0. The second-order valence-electron chi connectivity index (χ2n) is 8.86. The highest BCUT2D eigenvalue weighted by molar-refractivity contribution is 6.05. The van der Waals surface area contributed by atoms with Gasteiger partial charge in [0.15, 0.2) is 0 Å². The van der Waals surface area contributed by atoms with Gasteiger partial charge in [-0.3, -0.25) is 14.1 Å². The third-order valence-electron chi connectivity index (χ3n) is 6.28. The quantitative estimate of drug-likeness (QED) is 0.403. The molecule has 2 aromatic heterocycles. The van der Waals surface area contributed by atoms with E-state index in [1.165, 1.54) is 0 Å². The van der Waals surface area contributed by atoms with Gasteiger partial charge in [0.1, 0.15) is 5.65 Å². The highest BCUT2D eigenvalue weighted by Gasteiger charge is 2.31. The third kappa shape index (κ3) is 5.12. The Morgan fingerprint density at radius 1 is 1.08 bits per heavy atom. The summed E-state index contributed by atoms with van der Waals surface area (Å²) in [5.74, 6) is -0.485. The number of benzene rings is 2. The van der Waals surface area contributed by atoms with E-state index in [0.29, 0.717) is 44.0 Å². The van der Waals surface area contributed by atoms with Gasteiger partial charge in [0.25, 0.3) is 5.91 Å². The van der Waals surface area contributed by atoms with Gasteiger partial charge in [0, 0.05) is 42.6 Å². The Hall–Kier alpha value is -3.69. The molecule has 6 nitrogen and oxygen atoms in total. The van der Waals surface area contributed by atoms with Gasteiger partial charge in [-0.15, -0.1) is 0 Å². The Balaban J connectivity index is 1.43. The second-order valence-corrected chi connectivity index (χ2v) is 8.86. The molecule has 4 aromatic rings. The van der Waals surface area contributed by atoms with E-state index < -0.39 is 17.6 Å². The summed E-state index contributed by atoms with van der Waals surface area (Å²) >= 11 is 0. The number of morpholine rings is 1. The van der Waals surface area contributed by atoms with E-state index in [9.17, 15) is 18.0 Å². The molecule has 2 aromatic carbocycles. The Kier molecular flexibility index (Phi) is 6.51. The molecule has 5 rings (SSSR count). The molecule has 0 radical (unpaired) electrons. The maximum Gasteiger partial charge on any atom is 0.416 e. The molecule has 9 heteroatoms. The van der Waals surface area contributed by atoms with Crippen molar-refractivity contribution in [2.24, 2.45) is 0 Å². The van der Waals surface area contributed by atoms with Crippen LogP contribution in [0.15, 0.2) is 67.0 Å². The predicted octanol–water partition coefficient (Wildman–Crippen LogP) is 5.41. The molecule has 1 aliphatic rings. The standard InChI is InChI=1S/C27H25F3N4O2/c1-18-5-6-20(14-23(18)24-16-31-25-4-2-3-7-34(24)25)26(35)32-22-13-19(12-21(15-22)27(28,29)30)17-33-8-10-36-11-9-33/h2-7,12-16H,8-11,17H2,1H3,(H,32,35). The third-order valence-corrected chi connectivity index (χ3v) is 6.28. The van der Waals surface area contributed by atoms with Crippen LogP contribution in [0.4, 0.5) is 18.9 Å². The van der Waals surface area contributed by atoms with E-state index in [-0.39, 0.29) is 5.69 Å². The Bertz CT molecular complexity index is 1410. The molecule has 1 saturated heterocycles. The van der Waals surface area contributed by atoms with E-state index in [0.717, 1.165) is 34.6 Å². The van der Waals surface area contributed by atoms with Crippen molar-refractivity contribution in [2.75, 3.05) is 31.6 Å². The van der Waals surface area contributed by atoms with E-state index in [2.05, 4.69) is 10.3 Å². The van der Waals surface area contributed by atoms with Crippen molar-refractivity contribution in [3.8, 4) is 11.3 Å². The van der Waals surface area contributed by atoms with Gasteiger partial charge in [0.2, 0.25) is 0 Å². The Morgan fingerprint density at radius 2 is 1.89 bits per heavy atom. The van der Waals surface area contributed by atoms with Crippen LogP contribution in [0.5, 0.6) is 0 Å². The summed E-state index contributed by atoms with van der Waals surface area (Å²) in [6.45, 7) is 4.67. The first-order valence-electron chi connectivity index (χ1n) is 11.6. The van der Waals surface area contributed by atoms with Crippen LogP contribution in [0.1, 0.15) is 27.0 Å². The summed E-state index contributed by atoms with van der Waals surface area (Å²) in [5.41, 5.74) is 3.51. The van der Waals surface area contributed by atoms with Crippen LogP contribution in [0.2, 0.25) is 0 Å². The first-order valence-corrected chi connectivity index (χ1v) is 11.6. The number of amides is 1. The highest BCUT2D eigenvalue weighted by Crippen LogP contribution is 2.33.